The van der Waals surface area contributed by atoms with E-state index in [-0.39, 0.29) is 11.6 Å². The number of ether oxygens (including phenoxy) is 2. The zero-order valence-electron chi connectivity index (χ0n) is 16.5. The van der Waals surface area contributed by atoms with Crippen molar-refractivity contribution in [2.75, 3.05) is 32.1 Å². The van der Waals surface area contributed by atoms with Gasteiger partial charge in [-0.1, -0.05) is 30.3 Å². The van der Waals surface area contributed by atoms with Gasteiger partial charge in [0.25, 0.3) is 0 Å². The van der Waals surface area contributed by atoms with Crippen LogP contribution in [0.1, 0.15) is 24.1 Å². The largest absolute Gasteiger partial charge is 0.495 e. The average molecular weight is 391 g/mol. The van der Waals surface area contributed by atoms with Gasteiger partial charge in [0.05, 0.1) is 25.1 Å². The highest BCUT2D eigenvalue weighted by Crippen LogP contribution is 2.43. The van der Waals surface area contributed by atoms with Crippen molar-refractivity contribution in [3.05, 3.63) is 59.8 Å². The Hall–Kier alpha value is -2.99. The molecule has 1 aromatic heterocycles. The number of aromatic nitrogens is 1. The molecule has 0 saturated carbocycles. The molecule has 150 valence electrons. The van der Waals surface area contributed by atoms with Crippen LogP contribution in [0.2, 0.25) is 0 Å². The highest BCUT2D eigenvalue weighted by Gasteiger charge is 2.43. The summed E-state index contributed by atoms with van der Waals surface area (Å²) in [5, 5.41) is 4.27. The fraction of sp³-hybridized carbons (Fsp3) is 0.348. The molecular formula is C23H25N3O3. The van der Waals surface area contributed by atoms with Crippen LogP contribution in [0.5, 0.6) is 5.75 Å². The third kappa shape index (κ3) is 3.04. The number of hydrogen-bond acceptors (Lipinski definition) is 3. The van der Waals surface area contributed by atoms with E-state index in [1.54, 1.807) is 7.11 Å². The number of benzene rings is 2. The van der Waals surface area contributed by atoms with E-state index in [0.29, 0.717) is 24.5 Å². The number of amides is 2. The molecule has 0 bridgehead atoms. The molecule has 3 aromatic rings. The highest BCUT2D eigenvalue weighted by atomic mass is 16.5. The summed E-state index contributed by atoms with van der Waals surface area (Å²) in [4.78, 5) is 18.3. The van der Waals surface area contributed by atoms with E-state index in [4.69, 9.17) is 9.47 Å². The van der Waals surface area contributed by atoms with Crippen molar-refractivity contribution < 1.29 is 14.3 Å². The van der Waals surface area contributed by atoms with Crippen molar-refractivity contribution in [3.8, 4) is 5.75 Å². The highest BCUT2D eigenvalue weighted by molar-refractivity contribution is 5.91. The van der Waals surface area contributed by atoms with Gasteiger partial charge >= 0.3 is 6.03 Å². The van der Waals surface area contributed by atoms with Crippen LogP contribution < -0.4 is 10.1 Å². The zero-order valence-corrected chi connectivity index (χ0v) is 16.5. The molecule has 29 heavy (non-hydrogen) atoms. The maximum absolute atomic E-state index is 12.8. The Morgan fingerprint density at radius 2 is 1.90 bits per heavy atom. The summed E-state index contributed by atoms with van der Waals surface area (Å²) in [5.74, 6) is 0.660. The van der Waals surface area contributed by atoms with Gasteiger partial charge in [-0.05, 0) is 43.0 Å². The van der Waals surface area contributed by atoms with Crippen molar-refractivity contribution in [1.29, 1.82) is 0 Å². The van der Waals surface area contributed by atoms with E-state index in [0.717, 1.165) is 25.9 Å². The molecule has 2 aliphatic rings. The van der Waals surface area contributed by atoms with Gasteiger partial charge in [0.15, 0.2) is 0 Å². The fourth-order valence-electron chi connectivity index (χ4n) is 4.68. The Morgan fingerprint density at radius 1 is 1.14 bits per heavy atom. The van der Waals surface area contributed by atoms with Crippen molar-refractivity contribution in [3.63, 3.8) is 0 Å². The first-order valence-corrected chi connectivity index (χ1v) is 10.1. The summed E-state index contributed by atoms with van der Waals surface area (Å²) in [7, 11) is 1.61. The second-order valence-electron chi connectivity index (χ2n) is 7.73. The minimum absolute atomic E-state index is 0.1000. The predicted octanol–water partition coefficient (Wildman–Crippen LogP) is 4.27. The van der Waals surface area contributed by atoms with Gasteiger partial charge in [-0.25, -0.2) is 4.79 Å². The fourth-order valence-corrected chi connectivity index (χ4v) is 4.68. The lowest BCUT2D eigenvalue weighted by molar-refractivity contribution is -0.0943. The molecule has 0 radical (unpaired) electrons. The van der Waals surface area contributed by atoms with E-state index in [1.807, 2.05) is 29.2 Å². The molecule has 1 saturated heterocycles. The number of fused-ring (bicyclic) bond motifs is 4. The lowest BCUT2D eigenvalue weighted by Gasteiger charge is -2.43. The monoisotopic (exact) mass is 391 g/mol. The molecule has 2 aliphatic heterocycles. The molecular weight excluding hydrogens is 366 g/mol. The molecule has 1 fully saturated rings. The summed E-state index contributed by atoms with van der Waals surface area (Å²) < 4.78 is 11.7. The molecule has 6 heteroatoms. The Balaban J connectivity index is 1.34. The smallest absolute Gasteiger partial charge is 0.321 e. The minimum Gasteiger partial charge on any atom is -0.495 e. The topological polar surface area (TPSA) is 66.6 Å². The number of urea groups is 1. The molecule has 1 spiro atoms. The number of aromatic amines is 1. The second-order valence-corrected chi connectivity index (χ2v) is 7.73. The van der Waals surface area contributed by atoms with Crippen LogP contribution in [0.15, 0.2) is 48.5 Å². The molecule has 2 amide bonds. The lowest BCUT2D eigenvalue weighted by atomic mass is 9.83. The third-order valence-corrected chi connectivity index (χ3v) is 6.21. The Bertz CT molecular complexity index is 1050. The van der Waals surface area contributed by atoms with Gasteiger partial charge in [0, 0.05) is 24.0 Å². The molecule has 2 N–H and O–H groups in total. The van der Waals surface area contributed by atoms with Crippen LogP contribution in [-0.4, -0.2) is 42.7 Å². The number of H-pyrrole nitrogens is 1. The number of para-hydroxylation sites is 3. The standard InChI is InChI=1S/C23H25N3O3/c1-28-20-9-5-4-8-19(20)25-22(27)26-13-11-23(12-14-26)21-17(10-15-29-23)16-6-2-3-7-18(16)24-21/h2-9,24H,10-15H2,1H3,(H,25,27). The van der Waals surface area contributed by atoms with Gasteiger partial charge in [-0.3, -0.25) is 0 Å². The third-order valence-electron chi connectivity index (χ3n) is 6.21. The molecule has 5 rings (SSSR count). The summed E-state index contributed by atoms with van der Waals surface area (Å²) >= 11 is 0. The number of methoxy groups -OCH3 is 1. The quantitative estimate of drug-likeness (QED) is 0.685. The van der Waals surface area contributed by atoms with Crippen LogP contribution in [0.4, 0.5) is 10.5 Å². The number of anilines is 1. The number of rotatable bonds is 2. The number of likely N-dealkylation sites (tertiary alicyclic amines) is 1. The van der Waals surface area contributed by atoms with Gasteiger partial charge in [0.1, 0.15) is 11.4 Å². The lowest BCUT2D eigenvalue weighted by Crippen LogP contribution is -2.49. The van der Waals surface area contributed by atoms with E-state index < -0.39 is 0 Å². The normalized spacial score (nSPS) is 17.9. The van der Waals surface area contributed by atoms with Gasteiger partial charge in [-0.15, -0.1) is 0 Å². The first kappa shape index (κ1) is 18.1. The molecule has 2 aromatic carbocycles. The Labute approximate surface area is 169 Å². The van der Waals surface area contributed by atoms with Crippen LogP contribution in [0.25, 0.3) is 10.9 Å². The summed E-state index contributed by atoms with van der Waals surface area (Å²) in [6, 6.07) is 15.8. The summed E-state index contributed by atoms with van der Waals surface area (Å²) in [5.41, 5.74) is 4.10. The molecule has 0 atom stereocenters. The number of carbonyl (C=O) groups excluding carboxylic acids is 1. The molecule has 3 heterocycles. The Morgan fingerprint density at radius 3 is 2.72 bits per heavy atom. The summed E-state index contributed by atoms with van der Waals surface area (Å²) in [6.07, 6.45) is 2.50. The minimum atomic E-state index is -0.326. The van der Waals surface area contributed by atoms with Crippen molar-refractivity contribution in [2.45, 2.75) is 24.9 Å². The maximum atomic E-state index is 12.8. The molecule has 0 unspecified atom stereocenters. The number of nitrogens with zero attached hydrogens (tertiary/aromatic N) is 1. The van der Waals surface area contributed by atoms with Gasteiger partial charge < -0.3 is 24.7 Å². The van der Waals surface area contributed by atoms with Crippen LogP contribution in [0, 0.1) is 0 Å². The van der Waals surface area contributed by atoms with Crippen molar-refractivity contribution in [2.24, 2.45) is 0 Å². The van der Waals surface area contributed by atoms with Gasteiger partial charge in [0.2, 0.25) is 0 Å². The molecule has 6 nitrogen and oxygen atoms in total. The first-order chi connectivity index (χ1) is 14.2. The van der Waals surface area contributed by atoms with E-state index in [2.05, 4.69) is 34.6 Å². The van der Waals surface area contributed by atoms with Crippen LogP contribution in [0.3, 0.4) is 0 Å². The van der Waals surface area contributed by atoms with Crippen molar-refractivity contribution in [1.82, 2.24) is 9.88 Å². The maximum Gasteiger partial charge on any atom is 0.321 e. The van der Waals surface area contributed by atoms with E-state index in [9.17, 15) is 4.79 Å². The summed E-state index contributed by atoms with van der Waals surface area (Å²) in [6.45, 7) is 2.02. The number of hydrogen-bond donors (Lipinski definition) is 2. The average Bonchev–Trinajstić information content (AvgIpc) is 3.15. The SMILES string of the molecule is COc1ccccc1NC(=O)N1CCC2(CC1)OCCc1c2[nH]c2ccccc12. The molecule has 0 aliphatic carbocycles. The number of carbonyl (C=O) groups is 1. The Kier molecular flexibility index (Phi) is 4.43. The van der Waals surface area contributed by atoms with E-state index in [1.165, 1.54) is 22.2 Å². The zero-order chi connectivity index (χ0) is 19.8. The number of piperidine rings is 1. The predicted molar refractivity (Wildman–Crippen MR) is 112 cm³/mol. The van der Waals surface area contributed by atoms with Crippen LogP contribution >= 0.6 is 0 Å². The number of nitrogens with one attached hydrogen (secondary N) is 2. The second kappa shape index (κ2) is 7.12. The van der Waals surface area contributed by atoms with Gasteiger partial charge in [-0.2, -0.15) is 0 Å². The van der Waals surface area contributed by atoms with Crippen molar-refractivity contribution >= 4 is 22.6 Å². The first-order valence-electron chi connectivity index (χ1n) is 10.1. The van der Waals surface area contributed by atoms with E-state index >= 15 is 0 Å². The van der Waals surface area contributed by atoms with Crippen LogP contribution in [-0.2, 0) is 16.8 Å².